The molecule has 0 aliphatic carbocycles. The van der Waals surface area contributed by atoms with E-state index in [0.29, 0.717) is 6.29 Å². The molecule has 0 aromatic heterocycles. The molecule has 0 unspecified atom stereocenters. The Labute approximate surface area is 91.0 Å². The largest absolute Gasteiger partial charge is 0.493 e. The lowest BCUT2D eigenvalue weighted by molar-refractivity contribution is 0.110. The van der Waals surface area contributed by atoms with E-state index in [1.54, 1.807) is 6.92 Å². The summed E-state index contributed by atoms with van der Waals surface area (Å²) >= 11 is 0. The summed E-state index contributed by atoms with van der Waals surface area (Å²) in [5.41, 5.74) is -0.555. The molecule has 3 nitrogen and oxygen atoms in total. The van der Waals surface area contributed by atoms with Gasteiger partial charge in [0.05, 0.1) is 12.2 Å². The topological polar surface area (TPSA) is 43.4 Å². The lowest BCUT2D eigenvalue weighted by atomic mass is 10.0. The normalized spacial score (nSPS) is 10.2. The summed E-state index contributed by atoms with van der Waals surface area (Å²) in [6.07, 6.45) is -2.05. The highest BCUT2D eigenvalue weighted by Gasteiger charge is 2.20. The van der Waals surface area contributed by atoms with Crippen LogP contribution in [0.3, 0.4) is 0 Å². The van der Waals surface area contributed by atoms with Crippen molar-refractivity contribution < 1.29 is 23.1 Å². The van der Waals surface area contributed by atoms with Gasteiger partial charge in [0.1, 0.15) is 12.0 Å². The van der Waals surface area contributed by atoms with Gasteiger partial charge in [-0.3, -0.25) is 9.59 Å². The third-order valence-corrected chi connectivity index (χ3v) is 1.98. The predicted octanol–water partition coefficient (Wildman–Crippen LogP) is 2.65. The smallest absolute Gasteiger partial charge is 0.268 e. The average Bonchev–Trinajstić information content (AvgIpc) is 2.27. The molecule has 86 valence electrons. The molecule has 1 aromatic carbocycles. The Morgan fingerprint density at radius 3 is 2.44 bits per heavy atom. The molecule has 0 saturated carbocycles. The van der Waals surface area contributed by atoms with Crippen LogP contribution in [0.5, 0.6) is 5.75 Å². The summed E-state index contributed by atoms with van der Waals surface area (Å²) < 4.78 is 30.4. The molecule has 0 atom stereocenters. The molecule has 1 rings (SSSR count). The van der Waals surface area contributed by atoms with Crippen molar-refractivity contribution in [2.75, 3.05) is 6.61 Å². The van der Waals surface area contributed by atoms with E-state index in [-0.39, 0.29) is 29.8 Å². The van der Waals surface area contributed by atoms with E-state index in [2.05, 4.69) is 0 Å². The summed E-state index contributed by atoms with van der Waals surface area (Å²) in [5, 5.41) is 0. The minimum atomic E-state index is -2.82. The molecule has 0 spiro atoms. The molecule has 0 amide bonds. The molecule has 5 heteroatoms. The molecule has 0 heterocycles. The molecule has 0 saturated heterocycles. The average molecular weight is 228 g/mol. The maximum atomic E-state index is 12.7. The fourth-order valence-electron chi connectivity index (χ4n) is 1.34. The maximum absolute atomic E-state index is 12.7. The van der Waals surface area contributed by atoms with Crippen LogP contribution in [0.4, 0.5) is 8.78 Å². The first-order chi connectivity index (χ1) is 7.63. The van der Waals surface area contributed by atoms with E-state index in [0.717, 1.165) is 6.07 Å². The molecule has 16 heavy (non-hydrogen) atoms. The number of carbonyl (C=O) groups excluding carboxylic acids is 2. The second kappa shape index (κ2) is 5.34. The SMILES string of the molecule is CCOc1cc(C=O)cc(C=O)c1C(F)F. The lowest BCUT2D eigenvalue weighted by Crippen LogP contribution is -2.02. The van der Waals surface area contributed by atoms with Crippen molar-refractivity contribution in [1.29, 1.82) is 0 Å². The first-order valence-electron chi connectivity index (χ1n) is 4.63. The summed E-state index contributed by atoms with van der Waals surface area (Å²) in [5.74, 6) is -0.121. The van der Waals surface area contributed by atoms with Crippen molar-refractivity contribution in [3.8, 4) is 5.75 Å². The van der Waals surface area contributed by atoms with Crippen molar-refractivity contribution in [1.82, 2.24) is 0 Å². The van der Waals surface area contributed by atoms with E-state index >= 15 is 0 Å². The highest BCUT2D eigenvalue weighted by Crippen LogP contribution is 2.32. The number of rotatable bonds is 5. The van der Waals surface area contributed by atoms with Gasteiger partial charge in [-0.2, -0.15) is 0 Å². The highest BCUT2D eigenvalue weighted by atomic mass is 19.3. The van der Waals surface area contributed by atoms with Crippen LogP contribution in [-0.2, 0) is 0 Å². The Hall–Kier alpha value is -1.78. The molecular weight excluding hydrogens is 218 g/mol. The van der Waals surface area contributed by atoms with Crippen LogP contribution in [0, 0.1) is 0 Å². The van der Waals surface area contributed by atoms with Gasteiger partial charge >= 0.3 is 0 Å². The zero-order valence-corrected chi connectivity index (χ0v) is 8.57. The Morgan fingerprint density at radius 2 is 2.00 bits per heavy atom. The van der Waals surface area contributed by atoms with Gasteiger partial charge in [-0.15, -0.1) is 0 Å². The molecule has 0 aliphatic rings. The summed E-state index contributed by atoms with van der Waals surface area (Å²) in [6, 6.07) is 2.31. The van der Waals surface area contributed by atoms with Crippen LogP contribution in [0.25, 0.3) is 0 Å². The Bertz CT molecular complexity index is 402. The van der Waals surface area contributed by atoms with Gasteiger partial charge in [-0.1, -0.05) is 0 Å². The summed E-state index contributed by atoms with van der Waals surface area (Å²) in [4.78, 5) is 21.2. The van der Waals surface area contributed by atoms with Crippen molar-refractivity contribution in [3.63, 3.8) is 0 Å². The van der Waals surface area contributed by atoms with Gasteiger partial charge in [-0.25, -0.2) is 8.78 Å². The number of hydrogen-bond acceptors (Lipinski definition) is 3. The quantitative estimate of drug-likeness (QED) is 0.727. The van der Waals surface area contributed by atoms with E-state index in [1.807, 2.05) is 0 Å². The fourth-order valence-corrected chi connectivity index (χ4v) is 1.34. The van der Waals surface area contributed by atoms with Gasteiger partial charge in [0.25, 0.3) is 6.43 Å². The Balaban J connectivity index is 3.40. The van der Waals surface area contributed by atoms with Gasteiger partial charge in [0.15, 0.2) is 6.29 Å². The van der Waals surface area contributed by atoms with Crippen molar-refractivity contribution in [2.45, 2.75) is 13.3 Å². The minimum absolute atomic E-state index is 0.121. The van der Waals surface area contributed by atoms with Gasteiger partial charge in [0.2, 0.25) is 0 Å². The molecule has 0 fully saturated rings. The number of ether oxygens (including phenoxy) is 1. The predicted molar refractivity (Wildman–Crippen MR) is 53.3 cm³/mol. The zero-order chi connectivity index (χ0) is 12.1. The second-order valence-electron chi connectivity index (χ2n) is 2.99. The number of hydrogen-bond donors (Lipinski definition) is 0. The summed E-state index contributed by atoms with van der Waals surface area (Å²) in [6.45, 7) is 1.81. The van der Waals surface area contributed by atoms with Crippen LogP contribution in [0.15, 0.2) is 12.1 Å². The standard InChI is InChI=1S/C11H10F2O3/c1-2-16-9-4-7(5-14)3-8(6-15)10(9)11(12)13/h3-6,11H,2H2,1H3. The van der Waals surface area contributed by atoms with Crippen LogP contribution >= 0.6 is 0 Å². The van der Waals surface area contributed by atoms with Crippen molar-refractivity contribution in [2.24, 2.45) is 0 Å². The maximum Gasteiger partial charge on any atom is 0.268 e. The molecule has 0 N–H and O–H groups in total. The second-order valence-corrected chi connectivity index (χ2v) is 2.99. The van der Waals surface area contributed by atoms with E-state index in [1.165, 1.54) is 6.07 Å². The van der Waals surface area contributed by atoms with Gasteiger partial charge in [0, 0.05) is 11.1 Å². The van der Waals surface area contributed by atoms with Crippen molar-refractivity contribution in [3.05, 3.63) is 28.8 Å². The minimum Gasteiger partial charge on any atom is -0.493 e. The van der Waals surface area contributed by atoms with Crippen LogP contribution < -0.4 is 4.74 Å². The van der Waals surface area contributed by atoms with E-state index in [4.69, 9.17) is 4.74 Å². The lowest BCUT2D eigenvalue weighted by Gasteiger charge is -2.12. The number of aldehydes is 2. The third kappa shape index (κ3) is 2.42. The molecular formula is C11H10F2O3. The van der Waals surface area contributed by atoms with Crippen LogP contribution in [0.2, 0.25) is 0 Å². The monoisotopic (exact) mass is 228 g/mol. The molecule has 1 aromatic rings. The highest BCUT2D eigenvalue weighted by molar-refractivity contribution is 5.85. The van der Waals surface area contributed by atoms with Crippen molar-refractivity contribution >= 4 is 12.6 Å². The Kier molecular flexibility index (Phi) is 4.10. The number of benzene rings is 1. The van der Waals surface area contributed by atoms with Crippen LogP contribution in [-0.4, -0.2) is 19.2 Å². The summed E-state index contributed by atoms with van der Waals surface area (Å²) in [7, 11) is 0. The number of alkyl halides is 2. The molecule has 0 radical (unpaired) electrons. The zero-order valence-electron chi connectivity index (χ0n) is 8.57. The molecule has 0 bridgehead atoms. The fraction of sp³-hybridized carbons (Fsp3) is 0.273. The molecule has 0 aliphatic heterocycles. The van der Waals surface area contributed by atoms with Gasteiger partial charge in [-0.05, 0) is 19.1 Å². The van der Waals surface area contributed by atoms with E-state index in [9.17, 15) is 18.4 Å². The first kappa shape index (κ1) is 12.3. The van der Waals surface area contributed by atoms with Gasteiger partial charge < -0.3 is 4.74 Å². The number of halogens is 2. The number of carbonyl (C=O) groups is 2. The third-order valence-electron chi connectivity index (χ3n) is 1.98. The van der Waals surface area contributed by atoms with Crippen LogP contribution in [0.1, 0.15) is 39.6 Å². The Morgan fingerprint density at radius 1 is 1.31 bits per heavy atom. The van der Waals surface area contributed by atoms with E-state index < -0.39 is 12.0 Å². The first-order valence-corrected chi connectivity index (χ1v) is 4.63.